The maximum absolute atomic E-state index is 5.18. The minimum absolute atomic E-state index is 0.134. The summed E-state index contributed by atoms with van der Waals surface area (Å²) in [5.41, 5.74) is 5.18. The Labute approximate surface area is 33.2 Å². The number of nitrogens with two attached hydrogens (primary N) is 1. The van der Waals surface area contributed by atoms with Gasteiger partial charge >= 0.3 is 0 Å². The van der Waals surface area contributed by atoms with Gasteiger partial charge in [0.05, 0.1) is 0 Å². The van der Waals surface area contributed by atoms with E-state index in [9.17, 15) is 0 Å². The lowest BCUT2D eigenvalue weighted by atomic mass is 10.3. The average Bonchev–Trinajstić information content (AvgIpc) is 1.38. The first kappa shape index (κ1) is 4.96. The third-order valence-electron chi connectivity index (χ3n) is 0.524. The molecule has 0 aromatic carbocycles. The van der Waals surface area contributed by atoms with Gasteiger partial charge in [0.15, 0.2) is 0 Å². The Hall–Kier alpha value is -0.0400. The summed E-state index contributed by atoms with van der Waals surface area (Å²) in [7, 11) is 0. The van der Waals surface area contributed by atoms with Crippen molar-refractivity contribution in [3.8, 4) is 0 Å². The highest BCUT2D eigenvalue weighted by Gasteiger charge is 1.79. The predicted molar refractivity (Wildman–Crippen MR) is 23.6 cm³/mol. The van der Waals surface area contributed by atoms with Crippen molar-refractivity contribution in [1.82, 2.24) is 0 Å². The zero-order chi connectivity index (χ0) is 4.28. The molecule has 0 unspecified atom stereocenters. The maximum Gasteiger partial charge on any atom is 0.00367 e. The monoisotopic (exact) mass is 72.1 g/mol. The number of hydrogen-bond acceptors (Lipinski definition) is 1. The largest absolute Gasteiger partial charge is 0.328 e. The van der Waals surface area contributed by atoms with Gasteiger partial charge in [-0.2, -0.15) is 0 Å². The van der Waals surface area contributed by atoms with E-state index >= 15 is 0 Å². The van der Waals surface area contributed by atoms with E-state index in [0.717, 1.165) is 6.42 Å². The van der Waals surface area contributed by atoms with Crippen molar-refractivity contribution in [1.29, 1.82) is 0 Å². The molecule has 0 saturated carbocycles. The van der Waals surface area contributed by atoms with E-state index in [4.69, 9.17) is 5.73 Å². The van der Waals surface area contributed by atoms with Crippen LogP contribution in [0.1, 0.15) is 13.3 Å². The molecule has 0 bridgehead atoms. The van der Waals surface area contributed by atoms with Gasteiger partial charge < -0.3 is 5.73 Å². The second-order valence-electron chi connectivity index (χ2n) is 1.17. The zero-order valence-corrected chi connectivity index (χ0v) is 3.57. The molecule has 5 heavy (non-hydrogen) atoms. The van der Waals surface area contributed by atoms with Crippen LogP contribution >= 0.6 is 0 Å². The lowest BCUT2D eigenvalue weighted by Gasteiger charge is -1.91. The summed E-state index contributed by atoms with van der Waals surface area (Å²) in [6, 6.07) is 0.134. The zero-order valence-electron chi connectivity index (χ0n) is 3.57. The molecule has 2 N–H and O–H groups in total. The van der Waals surface area contributed by atoms with Gasteiger partial charge in [-0.15, -0.1) is 0 Å². The fourth-order valence-corrected chi connectivity index (χ4v) is 0. The van der Waals surface area contributed by atoms with Crippen molar-refractivity contribution in [2.45, 2.75) is 19.4 Å². The second kappa shape index (κ2) is 2.21. The van der Waals surface area contributed by atoms with Crippen molar-refractivity contribution in [3.63, 3.8) is 0 Å². The van der Waals surface area contributed by atoms with Gasteiger partial charge in [0.1, 0.15) is 0 Å². The van der Waals surface area contributed by atoms with Gasteiger partial charge in [-0.3, -0.25) is 0 Å². The highest BCUT2D eigenvalue weighted by molar-refractivity contribution is 4.56. The smallest absolute Gasteiger partial charge is 0.00367 e. The molecule has 0 rings (SSSR count). The van der Waals surface area contributed by atoms with Gasteiger partial charge in [-0.05, 0) is 13.3 Å². The number of hydrogen-bond donors (Lipinski definition) is 1. The molecule has 0 aliphatic rings. The third-order valence-corrected chi connectivity index (χ3v) is 0.524. The molecule has 31 valence electrons. The van der Waals surface area contributed by atoms with E-state index < -0.39 is 0 Å². The van der Waals surface area contributed by atoms with Crippen molar-refractivity contribution in [3.05, 3.63) is 6.92 Å². The van der Waals surface area contributed by atoms with Gasteiger partial charge in [-0.25, -0.2) is 0 Å². The Morgan fingerprint density at radius 3 is 2.20 bits per heavy atom. The molecule has 0 amide bonds. The van der Waals surface area contributed by atoms with Crippen LogP contribution in [0.25, 0.3) is 0 Å². The van der Waals surface area contributed by atoms with Crippen LogP contribution in [0.5, 0.6) is 0 Å². The summed E-state index contributed by atoms with van der Waals surface area (Å²) in [5, 5.41) is 0. The predicted octanol–water partition coefficient (Wildman–Crippen LogP) is 0.558. The summed E-state index contributed by atoms with van der Waals surface area (Å²) in [6.45, 7) is 5.55. The fourth-order valence-electron chi connectivity index (χ4n) is 0. The highest BCUT2D eigenvalue weighted by Crippen LogP contribution is 1.76. The summed E-state index contributed by atoms with van der Waals surface area (Å²) in [5.74, 6) is 0. The lowest BCUT2D eigenvalue weighted by molar-refractivity contribution is 0.779. The van der Waals surface area contributed by atoms with Crippen LogP contribution in [-0.4, -0.2) is 6.04 Å². The molecule has 1 heteroatoms. The average molecular weight is 72.1 g/mol. The summed E-state index contributed by atoms with van der Waals surface area (Å²) in [6.07, 6.45) is 0.972. The van der Waals surface area contributed by atoms with Crippen LogP contribution in [-0.2, 0) is 0 Å². The third kappa shape index (κ3) is 3.96. The van der Waals surface area contributed by atoms with E-state index in [0.29, 0.717) is 0 Å². The van der Waals surface area contributed by atoms with Gasteiger partial charge in [0, 0.05) is 6.04 Å². The fraction of sp³-hybridized carbons (Fsp3) is 0.750. The van der Waals surface area contributed by atoms with E-state index in [-0.39, 0.29) is 6.04 Å². The van der Waals surface area contributed by atoms with Crippen molar-refractivity contribution < 1.29 is 0 Å². The normalized spacial score (nSPS) is 15.0. The molecule has 0 aliphatic heterocycles. The molecular weight excluding hydrogens is 62.1 g/mol. The summed E-state index contributed by atoms with van der Waals surface area (Å²) in [4.78, 5) is 0. The standard InChI is InChI=1S/C4H10N/c1-3-4(2)5/h4H,2-3,5H2,1H3/t4-/m0/s1. The van der Waals surface area contributed by atoms with E-state index in [1.165, 1.54) is 0 Å². The SMILES string of the molecule is [CH2][C@H](N)CC. The van der Waals surface area contributed by atoms with Gasteiger partial charge in [0.2, 0.25) is 0 Å². The Bertz CT molecular complexity index is 17.6. The molecule has 1 radical (unpaired) electrons. The number of rotatable bonds is 1. The minimum Gasteiger partial charge on any atom is -0.328 e. The first-order valence-electron chi connectivity index (χ1n) is 1.86. The summed E-state index contributed by atoms with van der Waals surface area (Å²) >= 11 is 0. The molecular formula is C4H10N. The molecule has 0 aromatic heterocycles. The Morgan fingerprint density at radius 2 is 2.20 bits per heavy atom. The van der Waals surface area contributed by atoms with Crippen LogP contribution in [0, 0.1) is 6.92 Å². The van der Waals surface area contributed by atoms with Crippen molar-refractivity contribution >= 4 is 0 Å². The topological polar surface area (TPSA) is 26.0 Å². The molecule has 0 aromatic rings. The van der Waals surface area contributed by atoms with E-state index in [1.807, 2.05) is 6.92 Å². The highest BCUT2D eigenvalue weighted by atomic mass is 14.6. The van der Waals surface area contributed by atoms with E-state index in [1.54, 1.807) is 0 Å². The molecule has 1 nitrogen and oxygen atoms in total. The molecule has 0 aliphatic carbocycles. The van der Waals surface area contributed by atoms with Crippen molar-refractivity contribution in [2.24, 2.45) is 5.73 Å². The molecule has 0 saturated heterocycles. The first-order valence-corrected chi connectivity index (χ1v) is 1.86. The van der Waals surface area contributed by atoms with Gasteiger partial charge in [0.25, 0.3) is 0 Å². The van der Waals surface area contributed by atoms with Crippen LogP contribution < -0.4 is 5.73 Å². The van der Waals surface area contributed by atoms with E-state index in [2.05, 4.69) is 6.92 Å². The molecule has 0 fully saturated rings. The van der Waals surface area contributed by atoms with Crippen LogP contribution in [0.2, 0.25) is 0 Å². The lowest BCUT2D eigenvalue weighted by Crippen LogP contribution is -2.12. The molecule has 0 spiro atoms. The quantitative estimate of drug-likeness (QED) is 0.481. The molecule has 1 atom stereocenters. The molecule has 0 heterocycles. The Balaban J connectivity index is 2.54. The Morgan fingerprint density at radius 1 is 2.00 bits per heavy atom. The summed E-state index contributed by atoms with van der Waals surface area (Å²) < 4.78 is 0. The Kier molecular flexibility index (Phi) is 2.19. The van der Waals surface area contributed by atoms with Crippen LogP contribution in [0.4, 0.5) is 0 Å². The van der Waals surface area contributed by atoms with Crippen molar-refractivity contribution in [2.75, 3.05) is 0 Å². The van der Waals surface area contributed by atoms with Gasteiger partial charge in [-0.1, -0.05) is 6.92 Å². The second-order valence-corrected chi connectivity index (χ2v) is 1.17. The first-order chi connectivity index (χ1) is 2.27. The minimum atomic E-state index is 0.134. The van der Waals surface area contributed by atoms with Crippen LogP contribution in [0.15, 0.2) is 0 Å². The van der Waals surface area contributed by atoms with Crippen LogP contribution in [0.3, 0.4) is 0 Å². The maximum atomic E-state index is 5.18.